The van der Waals surface area contributed by atoms with E-state index in [4.69, 9.17) is 10.5 Å². The fraction of sp³-hybridized carbons (Fsp3) is 0.929. The van der Waals surface area contributed by atoms with Gasteiger partial charge in [0, 0.05) is 25.7 Å². The second-order valence-corrected chi connectivity index (χ2v) is 6.38. The molecular weight excluding hydrogens is 240 g/mol. The number of nitrogens with one attached hydrogen (secondary N) is 1. The maximum atomic E-state index is 5.88. The Morgan fingerprint density at radius 3 is 2.53 bits per heavy atom. The molecule has 0 aliphatic carbocycles. The molecule has 0 aromatic carbocycles. The van der Waals surface area contributed by atoms with Crippen LogP contribution in [0.1, 0.15) is 33.6 Å². The molecule has 0 aromatic heterocycles. The van der Waals surface area contributed by atoms with Crippen molar-refractivity contribution in [1.82, 2.24) is 10.2 Å². The average Bonchev–Trinajstić information content (AvgIpc) is 2.33. The molecule has 1 rings (SSSR count). The van der Waals surface area contributed by atoms with Crippen molar-refractivity contribution >= 4 is 5.96 Å². The van der Waals surface area contributed by atoms with Crippen molar-refractivity contribution < 1.29 is 4.74 Å². The van der Waals surface area contributed by atoms with Crippen LogP contribution < -0.4 is 11.1 Å². The third-order valence-electron chi connectivity index (χ3n) is 3.34. The van der Waals surface area contributed by atoms with Crippen molar-refractivity contribution in [1.29, 1.82) is 0 Å². The van der Waals surface area contributed by atoms with Gasteiger partial charge in [-0.1, -0.05) is 0 Å². The number of likely N-dealkylation sites (tertiary alicyclic amines) is 1. The molecule has 5 nitrogen and oxygen atoms in total. The number of piperidine rings is 1. The van der Waals surface area contributed by atoms with Crippen LogP contribution in [-0.2, 0) is 4.74 Å². The second-order valence-electron chi connectivity index (χ2n) is 6.38. The average molecular weight is 270 g/mol. The Morgan fingerprint density at radius 2 is 2.00 bits per heavy atom. The molecule has 1 heterocycles. The van der Waals surface area contributed by atoms with E-state index in [0.29, 0.717) is 11.9 Å². The molecule has 0 atom stereocenters. The molecule has 0 spiro atoms. The lowest BCUT2D eigenvalue weighted by molar-refractivity contribution is 0.121. The number of nitrogens with two attached hydrogens (primary N) is 1. The number of aliphatic imine (C=N–C) groups is 1. The summed E-state index contributed by atoms with van der Waals surface area (Å²) in [6.45, 7) is 11.3. The van der Waals surface area contributed by atoms with E-state index in [1.165, 1.54) is 12.8 Å². The van der Waals surface area contributed by atoms with E-state index in [1.807, 2.05) is 0 Å². The van der Waals surface area contributed by atoms with Crippen LogP contribution in [0.2, 0.25) is 0 Å². The summed E-state index contributed by atoms with van der Waals surface area (Å²) >= 11 is 0. The van der Waals surface area contributed by atoms with Gasteiger partial charge in [-0.3, -0.25) is 4.99 Å². The molecule has 1 aliphatic rings. The van der Waals surface area contributed by atoms with Gasteiger partial charge in [0.05, 0.1) is 6.61 Å². The molecule has 1 fully saturated rings. The van der Waals surface area contributed by atoms with Gasteiger partial charge >= 0.3 is 0 Å². The molecule has 1 saturated heterocycles. The van der Waals surface area contributed by atoms with Crippen molar-refractivity contribution in [2.24, 2.45) is 16.6 Å². The number of guanidine groups is 1. The molecule has 112 valence electrons. The summed E-state index contributed by atoms with van der Waals surface area (Å²) in [5.74, 6) is 1.23. The Morgan fingerprint density at radius 1 is 1.37 bits per heavy atom. The number of hydrogen-bond acceptors (Lipinski definition) is 3. The highest BCUT2D eigenvalue weighted by Gasteiger charge is 2.18. The van der Waals surface area contributed by atoms with E-state index >= 15 is 0 Å². The lowest BCUT2D eigenvalue weighted by Gasteiger charge is -2.31. The SMILES string of the molecule is COCCN1CCC(CN=C(N)NC(C)(C)C)CC1. The minimum atomic E-state index is -0.0168. The third kappa shape index (κ3) is 7.38. The number of hydrogen-bond donors (Lipinski definition) is 2. The van der Waals surface area contributed by atoms with Gasteiger partial charge in [0.15, 0.2) is 5.96 Å². The Labute approximate surface area is 117 Å². The van der Waals surface area contributed by atoms with E-state index in [9.17, 15) is 0 Å². The van der Waals surface area contributed by atoms with Crippen molar-refractivity contribution in [3.05, 3.63) is 0 Å². The zero-order valence-electron chi connectivity index (χ0n) is 12.9. The molecule has 0 aromatic rings. The van der Waals surface area contributed by atoms with Crippen LogP contribution in [0.25, 0.3) is 0 Å². The Balaban J connectivity index is 2.23. The highest BCUT2D eigenvalue weighted by molar-refractivity contribution is 5.78. The van der Waals surface area contributed by atoms with Crippen molar-refractivity contribution in [2.75, 3.05) is 39.9 Å². The standard InChI is InChI=1S/C14H30N4O/c1-14(2,3)17-13(15)16-11-12-5-7-18(8-6-12)9-10-19-4/h12H,5-11H2,1-4H3,(H3,15,16,17). The maximum Gasteiger partial charge on any atom is 0.188 e. The monoisotopic (exact) mass is 270 g/mol. The zero-order chi connectivity index (χ0) is 14.3. The summed E-state index contributed by atoms with van der Waals surface area (Å²) in [4.78, 5) is 6.92. The molecule has 0 amide bonds. The molecule has 3 N–H and O–H groups in total. The fourth-order valence-corrected chi connectivity index (χ4v) is 2.26. The van der Waals surface area contributed by atoms with E-state index in [-0.39, 0.29) is 5.54 Å². The van der Waals surface area contributed by atoms with Gasteiger partial charge in [0.1, 0.15) is 0 Å². The summed E-state index contributed by atoms with van der Waals surface area (Å²) < 4.78 is 5.11. The van der Waals surface area contributed by atoms with Crippen LogP contribution in [0.3, 0.4) is 0 Å². The maximum absolute atomic E-state index is 5.88. The minimum Gasteiger partial charge on any atom is -0.383 e. The van der Waals surface area contributed by atoms with Crippen molar-refractivity contribution in [2.45, 2.75) is 39.2 Å². The number of methoxy groups -OCH3 is 1. The lowest BCUT2D eigenvalue weighted by Crippen LogP contribution is -2.45. The molecule has 0 saturated carbocycles. The first-order chi connectivity index (χ1) is 8.90. The van der Waals surface area contributed by atoms with Gasteiger partial charge in [0.2, 0.25) is 0 Å². The van der Waals surface area contributed by atoms with E-state index in [2.05, 4.69) is 36.0 Å². The predicted octanol–water partition coefficient (Wildman–Crippen LogP) is 1.05. The molecule has 0 radical (unpaired) electrons. The fourth-order valence-electron chi connectivity index (χ4n) is 2.26. The first kappa shape index (κ1) is 16.2. The normalized spacial score (nSPS) is 19.7. The van der Waals surface area contributed by atoms with Crippen LogP contribution >= 0.6 is 0 Å². The summed E-state index contributed by atoms with van der Waals surface area (Å²) in [6, 6.07) is 0. The van der Waals surface area contributed by atoms with Crippen LogP contribution in [0.5, 0.6) is 0 Å². The Bertz CT molecular complexity index is 278. The molecule has 19 heavy (non-hydrogen) atoms. The Hall–Kier alpha value is -0.810. The van der Waals surface area contributed by atoms with Crippen molar-refractivity contribution in [3.8, 4) is 0 Å². The van der Waals surface area contributed by atoms with Crippen LogP contribution in [0, 0.1) is 5.92 Å². The van der Waals surface area contributed by atoms with Gasteiger partial charge in [0.25, 0.3) is 0 Å². The molecule has 0 bridgehead atoms. The van der Waals surface area contributed by atoms with Gasteiger partial charge in [-0.2, -0.15) is 0 Å². The van der Waals surface area contributed by atoms with Gasteiger partial charge in [-0.25, -0.2) is 0 Å². The third-order valence-corrected chi connectivity index (χ3v) is 3.34. The first-order valence-electron chi connectivity index (χ1n) is 7.20. The number of nitrogens with zero attached hydrogens (tertiary/aromatic N) is 2. The quantitative estimate of drug-likeness (QED) is 0.579. The van der Waals surface area contributed by atoms with Crippen molar-refractivity contribution in [3.63, 3.8) is 0 Å². The molecule has 5 heteroatoms. The van der Waals surface area contributed by atoms with E-state index in [1.54, 1.807) is 7.11 Å². The summed E-state index contributed by atoms with van der Waals surface area (Å²) in [5, 5.41) is 3.20. The predicted molar refractivity (Wildman–Crippen MR) is 80.4 cm³/mol. The highest BCUT2D eigenvalue weighted by Crippen LogP contribution is 2.17. The number of rotatable bonds is 5. The van der Waals surface area contributed by atoms with Gasteiger partial charge < -0.3 is 20.7 Å². The molecular formula is C14H30N4O. The largest absolute Gasteiger partial charge is 0.383 e. The van der Waals surface area contributed by atoms with Crippen LogP contribution in [0.4, 0.5) is 0 Å². The summed E-state index contributed by atoms with van der Waals surface area (Å²) in [7, 11) is 1.76. The summed E-state index contributed by atoms with van der Waals surface area (Å²) in [5.41, 5.74) is 5.87. The molecule has 1 aliphatic heterocycles. The Kier molecular flexibility index (Phi) is 6.58. The summed E-state index contributed by atoms with van der Waals surface area (Å²) in [6.07, 6.45) is 2.41. The van der Waals surface area contributed by atoms with Crippen LogP contribution in [-0.4, -0.2) is 56.3 Å². The lowest BCUT2D eigenvalue weighted by atomic mass is 9.97. The van der Waals surface area contributed by atoms with Gasteiger partial charge in [-0.15, -0.1) is 0 Å². The topological polar surface area (TPSA) is 62.9 Å². The van der Waals surface area contributed by atoms with Crippen LogP contribution in [0.15, 0.2) is 4.99 Å². The minimum absolute atomic E-state index is 0.0168. The smallest absolute Gasteiger partial charge is 0.188 e. The zero-order valence-corrected chi connectivity index (χ0v) is 12.9. The number of ether oxygens (including phenoxy) is 1. The first-order valence-corrected chi connectivity index (χ1v) is 7.20. The van der Waals surface area contributed by atoms with E-state index in [0.717, 1.165) is 32.8 Å². The van der Waals surface area contributed by atoms with Gasteiger partial charge in [-0.05, 0) is 52.6 Å². The highest BCUT2D eigenvalue weighted by atomic mass is 16.5. The molecule has 0 unspecified atom stereocenters. The van der Waals surface area contributed by atoms with E-state index < -0.39 is 0 Å². The second kappa shape index (κ2) is 7.70.